The average Bonchev–Trinajstić information content (AvgIpc) is 3.00. The standard InChI is InChI=1S/C11H10ClFO/c12-6-11(14)8-3-4-9(7-1-2-7)10(13)5-8/h3-5,7H,1-2,6H2. The van der Waals surface area contributed by atoms with Gasteiger partial charge < -0.3 is 0 Å². The molecule has 14 heavy (non-hydrogen) atoms. The van der Waals surface area contributed by atoms with Gasteiger partial charge in [0.15, 0.2) is 5.78 Å². The van der Waals surface area contributed by atoms with Gasteiger partial charge in [-0.1, -0.05) is 12.1 Å². The van der Waals surface area contributed by atoms with Crippen molar-refractivity contribution in [3.63, 3.8) is 0 Å². The van der Waals surface area contributed by atoms with Crippen LogP contribution in [-0.2, 0) is 0 Å². The number of alkyl halides is 1. The second-order valence-electron chi connectivity index (χ2n) is 3.57. The van der Waals surface area contributed by atoms with Crippen LogP contribution in [0, 0.1) is 5.82 Å². The van der Waals surface area contributed by atoms with Gasteiger partial charge in [0.2, 0.25) is 0 Å². The molecule has 1 aromatic rings. The molecule has 0 bridgehead atoms. The van der Waals surface area contributed by atoms with Gasteiger partial charge >= 0.3 is 0 Å². The summed E-state index contributed by atoms with van der Waals surface area (Å²) in [6.07, 6.45) is 2.11. The largest absolute Gasteiger partial charge is 0.293 e. The normalized spacial score (nSPS) is 15.6. The van der Waals surface area contributed by atoms with Crippen LogP contribution in [0.15, 0.2) is 18.2 Å². The van der Waals surface area contributed by atoms with Gasteiger partial charge in [0.1, 0.15) is 5.82 Å². The van der Waals surface area contributed by atoms with Gasteiger partial charge in [-0.3, -0.25) is 4.79 Å². The maximum atomic E-state index is 13.4. The van der Waals surface area contributed by atoms with Gasteiger partial charge in [-0.15, -0.1) is 11.6 Å². The van der Waals surface area contributed by atoms with Crippen molar-refractivity contribution >= 4 is 17.4 Å². The van der Waals surface area contributed by atoms with Gasteiger partial charge in [-0.25, -0.2) is 4.39 Å². The van der Waals surface area contributed by atoms with E-state index in [4.69, 9.17) is 11.6 Å². The number of hydrogen-bond acceptors (Lipinski definition) is 1. The van der Waals surface area contributed by atoms with E-state index in [9.17, 15) is 9.18 Å². The van der Waals surface area contributed by atoms with Crippen molar-refractivity contribution in [2.75, 3.05) is 5.88 Å². The fourth-order valence-electron chi connectivity index (χ4n) is 1.50. The van der Waals surface area contributed by atoms with Crippen molar-refractivity contribution in [3.05, 3.63) is 35.1 Å². The van der Waals surface area contributed by atoms with Gasteiger partial charge in [0.05, 0.1) is 5.88 Å². The first-order chi connectivity index (χ1) is 6.72. The summed E-state index contributed by atoms with van der Waals surface area (Å²) in [5.41, 5.74) is 1.10. The van der Waals surface area contributed by atoms with Gasteiger partial charge in [0, 0.05) is 5.56 Å². The van der Waals surface area contributed by atoms with Crippen LogP contribution in [0.3, 0.4) is 0 Å². The number of hydrogen-bond donors (Lipinski definition) is 0. The van der Waals surface area contributed by atoms with Crippen molar-refractivity contribution in [1.29, 1.82) is 0 Å². The molecule has 1 fully saturated rings. The lowest BCUT2D eigenvalue weighted by atomic mass is 10.1. The minimum Gasteiger partial charge on any atom is -0.293 e. The van der Waals surface area contributed by atoms with E-state index in [1.165, 1.54) is 6.07 Å². The Morgan fingerprint density at radius 2 is 2.21 bits per heavy atom. The summed E-state index contributed by atoms with van der Waals surface area (Å²) < 4.78 is 13.4. The van der Waals surface area contributed by atoms with Gasteiger partial charge in [-0.05, 0) is 30.4 Å². The van der Waals surface area contributed by atoms with Gasteiger partial charge in [-0.2, -0.15) is 0 Å². The highest BCUT2D eigenvalue weighted by Gasteiger charge is 2.26. The quantitative estimate of drug-likeness (QED) is 0.556. The predicted octanol–water partition coefficient (Wildman–Crippen LogP) is 3.12. The van der Waals surface area contributed by atoms with Crippen molar-refractivity contribution in [2.45, 2.75) is 18.8 Å². The molecule has 0 amide bonds. The zero-order valence-corrected chi connectivity index (χ0v) is 8.35. The minimum absolute atomic E-state index is 0.0950. The highest BCUT2D eigenvalue weighted by Crippen LogP contribution is 2.41. The third kappa shape index (κ3) is 1.80. The molecule has 0 spiro atoms. The first-order valence-electron chi connectivity index (χ1n) is 4.61. The smallest absolute Gasteiger partial charge is 0.177 e. The number of ketones is 1. The molecule has 0 radical (unpaired) electrons. The molecule has 74 valence electrons. The van der Waals surface area contributed by atoms with Crippen LogP contribution in [0.5, 0.6) is 0 Å². The summed E-state index contributed by atoms with van der Waals surface area (Å²) in [6, 6.07) is 4.65. The van der Waals surface area contributed by atoms with E-state index in [1.54, 1.807) is 12.1 Å². The third-order valence-corrected chi connectivity index (χ3v) is 2.70. The second kappa shape index (κ2) is 3.70. The van der Waals surface area contributed by atoms with Crippen molar-refractivity contribution in [3.8, 4) is 0 Å². The highest BCUT2D eigenvalue weighted by atomic mass is 35.5. The van der Waals surface area contributed by atoms with Crippen molar-refractivity contribution in [1.82, 2.24) is 0 Å². The van der Waals surface area contributed by atoms with E-state index in [0.29, 0.717) is 11.5 Å². The van der Waals surface area contributed by atoms with E-state index in [0.717, 1.165) is 18.4 Å². The maximum Gasteiger partial charge on any atom is 0.177 e. The van der Waals surface area contributed by atoms with Crippen LogP contribution in [0.25, 0.3) is 0 Å². The Morgan fingerprint density at radius 1 is 1.50 bits per heavy atom. The fourth-order valence-corrected chi connectivity index (χ4v) is 1.66. The average molecular weight is 213 g/mol. The number of rotatable bonds is 3. The first kappa shape index (κ1) is 9.66. The molecule has 0 N–H and O–H groups in total. The maximum absolute atomic E-state index is 13.4. The topological polar surface area (TPSA) is 17.1 Å². The molecule has 0 heterocycles. The summed E-state index contributed by atoms with van der Waals surface area (Å²) >= 11 is 5.38. The van der Waals surface area contributed by atoms with Crippen molar-refractivity contribution < 1.29 is 9.18 Å². The Kier molecular flexibility index (Phi) is 2.55. The monoisotopic (exact) mass is 212 g/mol. The molecular weight excluding hydrogens is 203 g/mol. The summed E-state index contributed by atoms with van der Waals surface area (Å²) in [4.78, 5) is 11.2. The Balaban J connectivity index is 2.30. The van der Waals surface area contributed by atoms with E-state index in [2.05, 4.69) is 0 Å². The molecule has 1 aromatic carbocycles. The van der Waals surface area contributed by atoms with Crippen LogP contribution >= 0.6 is 11.6 Å². The zero-order chi connectivity index (χ0) is 10.1. The minimum atomic E-state index is -0.275. The molecule has 1 nitrogen and oxygen atoms in total. The lowest BCUT2D eigenvalue weighted by Crippen LogP contribution is -2.01. The Bertz CT molecular complexity index is 372. The SMILES string of the molecule is O=C(CCl)c1ccc(C2CC2)c(F)c1. The number of carbonyl (C=O) groups excluding carboxylic acids is 1. The molecule has 0 aliphatic heterocycles. The molecule has 2 rings (SSSR count). The molecule has 0 saturated heterocycles. The number of Topliss-reactive ketones (excluding diaryl/α,β-unsaturated/α-hetero) is 1. The fraction of sp³-hybridized carbons (Fsp3) is 0.364. The first-order valence-corrected chi connectivity index (χ1v) is 5.14. The molecule has 1 saturated carbocycles. The number of benzene rings is 1. The van der Waals surface area contributed by atoms with E-state index >= 15 is 0 Å². The molecule has 0 atom stereocenters. The number of carbonyl (C=O) groups is 1. The molecule has 1 aliphatic carbocycles. The zero-order valence-electron chi connectivity index (χ0n) is 7.59. The van der Waals surface area contributed by atoms with Gasteiger partial charge in [0.25, 0.3) is 0 Å². The molecule has 0 unspecified atom stereocenters. The van der Waals surface area contributed by atoms with Crippen LogP contribution in [0.4, 0.5) is 4.39 Å². The van der Waals surface area contributed by atoms with Crippen molar-refractivity contribution in [2.24, 2.45) is 0 Å². The highest BCUT2D eigenvalue weighted by molar-refractivity contribution is 6.30. The van der Waals surface area contributed by atoms with Crippen LogP contribution in [0.1, 0.15) is 34.7 Å². The summed E-state index contributed by atoms with van der Waals surface area (Å²) in [7, 11) is 0. The lowest BCUT2D eigenvalue weighted by Gasteiger charge is -2.02. The number of halogens is 2. The Hall–Kier alpha value is -0.890. The third-order valence-electron chi connectivity index (χ3n) is 2.46. The van der Waals surface area contributed by atoms with E-state index < -0.39 is 0 Å². The van der Waals surface area contributed by atoms with Crippen LogP contribution < -0.4 is 0 Å². The molecular formula is C11H10ClFO. The second-order valence-corrected chi connectivity index (χ2v) is 3.83. The Labute approximate surface area is 86.9 Å². The predicted molar refractivity (Wildman–Crippen MR) is 53.4 cm³/mol. The molecule has 3 heteroatoms. The van der Waals surface area contributed by atoms with Crippen LogP contribution in [0.2, 0.25) is 0 Å². The molecule has 1 aliphatic rings. The van der Waals surface area contributed by atoms with E-state index in [-0.39, 0.29) is 17.5 Å². The summed E-state index contributed by atoms with van der Waals surface area (Å²) in [6.45, 7) is 0. The lowest BCUT2D eigenvalue weighted by molar-refractivity contribution is 0.102. The Morgan fingerprint density at radius 3 is 2.71 bits per heavy atom. The summed E-state index contributed by atoms with van der Waals surface area (Å²) in [5.74, 6) is -0.228. The summed E-state index contributed by atoms with van der Waals surface area (Å²) in [5, 5.41) is 0. The molecule has 0 aromatic heterocycles. The van der Waals surface area contributed by atoms with E-state index in [1.807, 2.05) is 0 Å². The van der Waals surface area contributed by atoms with Crippen LogP contribution in [-0.4, -0.2) is 11.7 Å².